The van der Waals surface area contributed by atoms with Gasteiger partial charge in [0.05, 0.1) is 25.4 Å². The average molecular weight is 232 g/mol. The van der Waals surface area contributed by atoms with Crippen LogP contribution in [0.1, 0.15) is 58.8 Å². The third kappa shape index (κ3) is 12.0. The molecule has 2 atom stereocenters. The first-order valence-corrected chi connectivity index (χ1v) is 6.60. The molecular formula is C13H28O3. The summed E-state index contributed by atoms with van der Waals surface area (Å²) >= 11 is 0. The lowest BCUT2D eigenvalue weighted by Gasteiger charge is -2.12. The summed E-state index contributed by atoms with van der Waals surface area (Å²) < 4.78 is 5.15. The largest absolute Gasteiger partial charge is 0.391 e. The first-order valence-electron chi connectivity index (χ1n) is 6.60. The van der Waals surface area contributed by atoms with Gasteiger partial charge in [-0.1, -0.05) is 45.4 Å². The highest BCUT2D eigenvalue weighted by atomic mass is 16.5. The van der Waals surface area contributed by atoms with Gasteiger partial charge in [0.15, 0.2) is 0 Å². The van der Waals surface area contributed by atoms with E-state index in [0.29, 0.717) is 13.2 Å². The second-order valence-electron chi connectivity index (χ2n) is 4.60. The summed E-state index contributed by atoms with van der Waals surface area (Å²) in [6.07, 6.45) is 7.45. The van der Waals surface area contributed by atoms with Crippen molar-refractivity contribution in [3.05, 3.63) is 0 Å². The van der Waals surface area contributed by atoms with E-state index in [1.807, 2.05) is 0 Å². The predicted molar refractivity (Wildman–Crippen MR) is 66.5 cm³/mol. The highest BCUT2D eigenvalue weighted by molar-refractivity contribution is 4.55. The number of unbranched alkanes of at least 4 members (excludes halogenated alkanes) is 5. The van der Waals surface area contributed by atoms with Gasteiger partial charge in [0.25, 0.3) is 0 Å². The van der Waals surface area contributed by atoms with Crippen molar-refractivity contribution in [3.8, 4) is 0 Å². The molecule has 0 aromatic heterocycles. The molecule has 3 heteroatoms. The van der Waals surface area contributed by atoms with Crippen molar-refractivity contribution in [2.24, 2.45) is 0 Å². The molecule has 0 aromatic carbocycles. The van der Waals surface area contributed by atoms with Gasteiger partial charge in [-0.15, -0.1) is 0 Å². The number of rotatable bonds is 11. The Labute approximate surface area is 99.8 Å². The van der Waals surface area contributed by atoms with Gasteiger partial charge >= 0.3 is 0 Å². The van der Waals surface area contributed by atoms with Crippen LogP contribution >= 0.6 is 0 Å². The Morgan fingerprint density at radius 1 is 0.938 bits per heavy atom. The molecule has 2 N–H and O–H groups in total. The van der Waals surface area contributed by atoms with Crippen LogP contribution in [0.2, 0.25) is 0 Å². The van der Waals surface area contributed by atoms with Crippen LogP contribution < -0.4 is 0 Å². The summed E-state index contributed by atoms with van der Waals surface area (Å²) in [4.78, 5) is 0. The molecule has 0 heterocycles. The van der Waals surface area contributed by atoms with Gasteiger partial charge in [-0.05, 0) is 13.3 Å². The predicted octanol–water partition coefficient (Wildman–Crippen LogP) is 2.50. The highest BCUT2D eigenvalue weighted by Crippen LogP contribution is 2.08. The number of hydrogen-bond acceptors (Lipinski definition) is 3. The van der Waals surface area contributed by atoms with Gasteiger partial charge < -0.3 is 14.9 Å². The van der Waals surface area contributed by atoms with E-state index in [-0.39, 0.29) is 6.10 Å². The first kappa shape index (κ1) is 15.9. The topological polar surface area (TPSA) is 49.7 Å². The van der Waals surface area contributed by atoms with Crippen molar-refractivity contribution in [3.63, 3.8) is 0 Å². The summed E-state index contributed by atoms with van der Waals surface area (Å²) in [6.45, 7) is 4.55. The van der Waals surface area contributed by atoms with Crippen LogP contribution in [0.5, 0.6) is 0 Å². The van der Waals surface area contributed by atoms with Crippen molar-refractivity contribution in [1.29, 1.82) is 0 Å². The van der Waals surface area contributed by atoms with Crippen LogP contribution in [0, 0.1) is 0 Å². The van der Waals surface area contributed by atoms with E-state index >= 15 is 0 Å². The van der Waals surface area contributed by atoms with Gasteiger partial charge in [-0.25, -0.2) is 0 Å². The molecule has 0 amide bonds. The van der Waals surface area contributed by atoms with E-state index in [1.165, 1.54) is 32.1 Å². The van der Waals surface area contributed by atoms with E-state index in [1.54, 1.807) is 6.92 Å². The second kappa shape index (κ2) is 11.4. The fourth-order valence-electron chi connectivity index (χ4n) is 1.62. The number of aliphatic hydroxyl groups is 2. The van der Waals surface area contributed by atoms with E-state index in [4.69, 9.17) is 9.84 Å². The molecule has 0 saturated carbocycles. The van der Waals surface area contributed by atoms with Crippen molar-refractivity contribution < 1.29 is 14.9 Å². The molecule has 0 aliphatic heterocycles. The van der Waals surface area contributed by atoms with Crippen molar-refractivity contribution >= 4 is 0 Å². The Bertz CT molecular complexity index is 137. The minimum atomic E-state index is -0.443. The Morgan fingerprint density at radius 2 is 1.56 bits per heavy atom. The van der Waals surface area contributed by atoms with E-state index in [2.05, 4.69) is 6.92 Å². The fraction of sp³-hybridized carbons (Fsp3) is 1.00. The molecule has 0 rings (SSSR count). The monoisotopic (exact) mass is 232 g/mol. The summed E-state index contributed by atoms with van der Waals surface area (Å²) in [5.41, 5.74) is 0. The second-order valence-corrected chi connectivity index (χ2v) is 4.60. The summed E-state index contributed by atoms with van der Waals surface area (Å²) in [6, 6.07) is 0. The minimum absolute atomic E-state index is 0.313. The van der Waals surface area contributed by atoms with Gasteiger partial charge in [0.1, 0.15) is 0 Å². The lowest BCUT2D eigenvalue weighted by Crippen LogP contribution is -2.19. The maximum absolute atomic E-state index is 9.56. The summed E-state index contributed by atoms with van der Waals surface area (Å²) in [7, 11) is 0. The summed E-state index contributed by atoms with van der Waals surface area (Å²) in [5, 5.41) is 18.5. The van der Waals surface area contributed by atoms with Crippen LogP contribution in [-0.4, -0.2) is 35.6 Å². The van der Waals surface area contributed by atoms with Crippen molar-refractivity contribution in [1.82, 2.24) is 0 Å². The third-order valence-electron chi connectivity index (χ3n) is 2.56. The maximum Gasteiger partial charge on any atom is 0.0773 e. The Hall–Kier alpha value is -0.120. The quantitative estimate of drug-likeness (QED) is 0.538. The highest BCUT2D eigenvalue weighted by Gasteiger charge is 2.04. The molecule has 2 unspecified atom stereocenters. The van der Waals surface area contributed by atoms with Gasteiger partial charge in [0.2, 0.25) is 0 Å². The zero-order valence-corrected chi connectivity index (χ0v) is 10.8. The zero-order chi connectivity index (χ0) is 12.2. The Balaban J connectivity index is 3.14. The number of ether oxygens (including phenoxy) is 1. The van der Waals surface area contributed by atoms with Crippen LogP contribution in [0.15, 0.2) is 0 Å². The van der Waals surface area contributed by atoms with Crippen LogP contribution in [0.25, 0.3) is 0 Å². The van der Waals surface area contributed by atoms with Gasteiger partial charge in [0, 0.05) is 0 Å². The molecule has 0 fully saturated rings. The zero-order valence-electron chi connectivity index (χ0n) is 10.8. The molecule has 0 spiro atoms. The SMILES string of the molecule is CCCCCCCCC(O)COCC(C)O. The molecule has 0 bridgehead atoms. The molecule has 0 aliphatic rings. The number of aliphatic hydroxyl groups excluding tert-OH is 2. The van der Waals surface area contributed by atoms with Crippen LogP contribution in [-0.2, 0) is 4.74 Å². The molecule has 0 radical (unpaired) electrons. The summed E-state index contributed by atoms with van der Waals surface area (Å²) in [5.74, 6) is 0. The lowest BCUT2D eigenvalue weighted by molar-refractivity contribution is -0.00504. The molecule has 98 valence electrons. The average Bonchev–Trinajstić information content (AvgIpc) is 2.22. The molecule has 3 nitrogen and oxygen atoms in total. The van der Waals surface area contributed by atoms with Gasteiger partial charge in [-0.2, -0.15) is 0 Å². The van der Waals surface area contributed by atoms with Crippen LogP contribution in [0.3, 0.4) is 0 Å². The van der Waals surface area contributed by atoms with E-state index < -0.39 is 6.10 Å². The third-order valence-corrected chi connectivity index (χ3v) is 2.56. The molecule has 0 aromatic rings. The van der Waals surface area contributed by atoms with E-state index in [9.17, 15) is 5.11 Å². The lowest BCUT2D eigenvalue weighted by atomic mass is 10.1. The van der Waals surface area contributed by atoms with Crippen LogP contribution in [0.4, 0.5) is 0 Å². The maximum atomic E-state index is 9.56. The first-order chi connectivity index (χ1) is 7.66. The Kier molecular flexibility index (Phi) is 11.3. The number of hydrogen-bond donors (Lipinski definition) is 2. The normalized spacial score (nSPS) is 15.0. The van der Waals surface area contributed by atoms with E-state index in [0.717, 1.165) is 12.8 Å². The van der Waals surface area contributed by atoms with Crippen molar-refractivity contribution in [2.75, 3.05) is 13.2 Å². The van der Waals surface area contributed by atoms with Gasteiger partial charge in [-0.3, -0.25) is 0 Å². The molecule has 16 heavy (non-hydrogen) atoms. The smallest absolute Gasteiger partial charge is 0.0773 e. The molecule has 0 aliphatic carbocycles. The Morgan fingerprint density at radius 3 is 2.19 bits per heavy atom. The molecular weight excluding hydrogens is 204 g/mol. The fourth-order valence-corrected chi connectivity index (χ4v) is 1.62. The molecule has 0 saturated heterocycles. The van der Waals surface area contributed by atoms with Crippen molar-refractivity contribution in [2.45, 2.75) is 71.0 Å². The standard InChI is InChI=1S/C13H28O3/c1-3-4-5-6-7-8-9-13(15)11-16-10-12(2)14/h12-15H,3-11H2,1-2H3. The minimum Gasteiger partial charge on any atom is -0.391 e.